The minimum atomic E-state index is -0.187. The largest absolute Gasteiger partial charge is 0.497 e. The number of carbonyl (C=O) groups is 1. The Morgan fingerprint density at radius 3 is 2.55 bits per heavy atom. The molecule has 3 rings (SSSR count). The minimum Gasteiger partial charge on any atom is -0.497 e. The second-order valence-electron chi connectivity index (χ2n) is 6.34. The highest BCUT2D eigenvalue weighted by molar-refractivity contribution is 7.99. The molecule has 0 spiro atoms. The van der Waals surface area contributed by atoms with Crippen LogP contribution in [-0.2, 0) is 4.79 Å². The van der Waals surface area contributed by atoms with Crippen LogP contribution >= 0.6 is 11.8 Å². The number of carbonyl (C=O) groups excluding carboxylic acids is 1. The SMILES string of the molecule is COc1ccc(/C=N/Nc2nnc(SCC(=O)Nc3ccc(OC)cc3C)n2N)cc1. The molecule has 0 aliphatic heterocycles. The lowest BCUT2D eigenvalue weighted by molar-refractivity contribution is -0.113. The van der Waals surface area contributed by atoms with Crippen molar-refractivity contribution in [3.05, 3.63) is 53.6 Å². The average Bonchev–Trinajstić information content (AvgIpc) is 3.13. The van der Waals surface area contributed by atoms with Crippen molar-refractivity contribution in [1.82, 2.24) is 14.9 Å². The maximum Gasteiger partial charge on any atom is 0.264 e. The van der Waals surface area contributed by atoms with Crippen molar-refractivity contribution >= 4 is 35.5 Å². The number of methoxy groups -OCH3 is 2. The van der Waals surface area contributed by atoms with E-state index in [2.05, 4.69) is 26.0 Å². The van der Waals surface area contributed by atoms with Crippen LogP contribution in [0.3, 0.4) is 0 Å². The highest BCUT2D eigenvalue weighted by Gasteiger charge is 2.13. The molecule has 3 aromatic rings. The van der Waals surface area contributed by atoms with Gasteiger partial charge in [0.05, 0.1) is 26.2 Å². The van der Waals surface area contributed by atoms with Gasteiger partial charge < -0.3 is 20.6 Å². The molecule has 0 radical (unpaired) electrons. The van der Waals surface area contributed by atoms with Gasteiger partial charge in [0.25, 0.3) is 5.95 Å². The zero-order valence-corrected chi connectivity index (χ0v) is 18.1. The zero-order valence-electron chi connectivity index (χ0n) is 17.3. The summed E-state index contributed by atoms with van der Waals surface area (Å²) in [6.07, 6.45) is 1.62. The topological polar surface area (TPSA) is 129 Å². The standard InChI is InChI=1S/C20H23N7O3S/c1-13-10-16(30-3)8-9-17(13)23-18(28)12-31-20-26-25-19(27(20)21)24-22-11-14-4-6-15(29-2)7-5-14/h4-11H,12,21H2,1-3H3,(H,23,28)(H,24,25)/b22-11+. The Morgan fingerprint density at radius 2 is 1.87 bits per heavy atom. The van der Waals surface area contributed by atoms with E-state index < -0.39 is 0 Å². The summed E-state index contributed by atoms with van der Waals surface area (Å²) in [6.45, 7) is 1.90. The van der Waals surface area contributed by atoms with Gasteiger partial charge in [0, 0.05) is 5.69 Å². The van der Waals surface area contributed by atoms with Crippen molar-refractivity contribution < 1.29 is 14.3 Å². The highest BCUT2D eigenvalue weighted by Crippen LogP contribution is 2.22. The predicted octanol–water partition coefficient (Wildman–Crippen LogP) is 2.49. The third-order valence-electron chi connectivity index (χ3n) is 4.20. The number of anilines is 2. The molecule has 0 aliphatic carbocycles. The van der Waals surface area contributed by atoms with E-state index >= 15 is 0 Å². The third kappa shape index (κ3) is 5.89. The molecule has 10 nitrogen and oxygen atoms in total. The average molecular weight is 442 g/mol. The number of nitrogens with zero attached hydrogens (tertiary/aromatic N) is 4. The normalized spacial score (nSPS) is 10.8. The van der Waals surface area contributed by atoms with E-state index in [1.807, 2.05) is 37.3 Å². The third-order valence-corrected chi connectivity index (χ3v) is 5.14. The van der Waals surface area contributed by atoms with E-state index in [9.17, 15) is 4.79 Å². The number of nitrogens with two attached hydrogens (primary N) is 1. The smallest absolute Gasteiger partial charge is 0.264 e. The molecule has 4 N–H and O–H groups in total. The van der Waals surface area contributed by atoms with Gasteiger partial charge in [-0.2, -0.15) is 5.10 Å². The van der Waals surface area contributed by atoms with Crippen LogP contribution in [0.15, 0.2) is 52.7 Å². The molecule has 1 aromatic heterocycles. The Bertz CT molecular complexity index is 1070. The van der Waals surface area contributed by atoms with Crippen molar-refractivity contribution in [2.75, 3.05) is 36.6 Å². The summed E-state index contributed by atoms with van der Waals surface area (Å²) in [4.78, 5) is 12.3. The quantitative estimate of drug-likeness (QED) is 0.200. The van der Waals surface area contributed by atoms with E-state index in [4.69, 9.17) is 15.3 Å². The monoisotopic (exact) mass is 441 g/mol. The first kappa shape index (κ1) is 22.0. The molecule has 0 unspecified atom stereocenters. The van der Waals surface area contributed by atoms with Crippen LogP contribution in [0.25, 0.3) is 0 Å². The lowest BCUT2D eigenvalue weighted by Crippen LogP contribution is -2.17. The molecule has 0 bridgehead atoms. The van der Waals surface area contributed by atoms with E-state index in [1.54, 1.807) is 32.6 Å². The second kappa shape index (κ2) is 10.3. The van der Waals surface area contributed by atoms with Crippen molar-refractivity contribution in [3.63, 3.8) is 0 Å². The van der Waals surface area contributed by atoms with E-state index in [0.29, 0.717) is 5.16 Å². The van der Waals surface area contributed by atoms with Gasteiger partial charge in [0.15, 0.2) is 0 Å². The van der Waals surface area contributed by atoms with E-state index in [-0.39, 0.29) is 17.6 Å². The molecule has 0 saturated carbocycles. The number of benzene rings is 2. The van der Waals surface area contributed by atoms with Gasteiger partial charge in [-0.15, -0.1) is 10.2 Å². The molecule has 0 fully saturated rings. The fourth-order valence-electron chi connectivity index (χ4n) is 2.53. The maximum absolute atomic E-state index is 12.3. The zero-order chi connectivity index (χ0) is 22.2. The molecule has 0 saturated heterocycles. The molecular formula is C20H23N7O3S. The number of aryl methyl sites for hydroxylation is 1. The number of amides is 1. The summed E-state index contributed by atoms with van der Waals surface area (Å²) in [7, 11) is 3.21. The molecule has 1 amide bonds. The fraction of sp³-hybridized carbons (Fsp3) is 0.200. The van der Waals surface area contributed by atoms with Crippen LogP contribution in [-0.4, -0.2) is 47.0 Å². The van der Waals surface area contributed by atoms with Crippen LogP contribution < -0.4 is 26.1 Å². The molecular weight excluding hydrogens is 418 g/mol. The molecule has 0 atom stereocenters. The van der Waals surface area contributed by atoms with Crippen LogP contribution in [0.4, 0.5) is 11.6 Å². The first-order chi connectivity index (χ1) is 15.0. The summed E-state index contributed by atoms with van der Waals surface area (Å²) >= 11 is 1.16. The Kier molecular flexibility index (Phi) is 7.33. The summed E-state index contributed by atoms with van der Waals surface area (Å²) in [5.74, 6) is 7.67. The predicted molar refractivity (Wildman–Crippen MR) is 121 cm³/mol. The van der Waals surface area contributed by atoms with Crippen molar-refractivity contribution in [2.45, 2.75) is 12.1 Å². The van der Waals surface area contributed by atoms with Crippen LogP contribution in [0, 0.1) is 6.92 Å². The Morgan fingerprint density at radius 1 is 1.16 bits per heavy atom. The van der Waals surface area contributed by atoms with Crippen molar-refractivity contribution in [3.8, 4) is 11.5 Å². The number of hydrazone groups is 1. The van der Waals surface area contributed by atoms with Crippen molar-refractivity contribution in [2.24, 2.45) is 5.10 Å². The number of hydrogen-bond acceptors (Lipinski definition) is 9. The Balaban J connectivity index is 1.52. The summed E-state index contributed by atoms with van der Waals surface area (Å²) in [5.41, 5.74) is 5.23. The number of nitrogens with one attached hydrogen (secondary N) is 2. The van der Waals surface area contributed by atoms with Crippen LogP contribution in [0.1, 0.15) is 11.1 Å². The van der Waals surface area contributed by atoms with Gasteiger partial charge in [-0.1, -0.05) is 11.8 Å². The maximum atomic E-state index is 12.3. The van der Waals surface area contributed by atoms with Crippen LogP contribution in [0.5, 0.6) is 11.5 Å². The fourth-order valence-corrected chi connectivity index (χ4v) is 3.18. The van der Waals surface area contributed by atoms with Gasteiger partial charge in [-0.25, -0.2) is 10.1 Å². The molecule has 0 aliphatic rings. The lowest BCUT2D eigenvalue weighted by atomic mass is 10.2. The number of aromatic nitrogens is 3. The van der Waals surface area contributed by atoms with Gasteiger partial charge in [0.1, 0.15) is 11.5 Å². The summed E-state index contributed by atoms with van der Waals surface area (Å²) in [5, 5.41) is 15.3. The van der Waals surface area contributed by atoms with Gasteiger partial charge >= 0.3 is 0 Å². The molecule has 162 valence electrons. The van der Waals surface area contributed by atoms with E-state index in [0.717, 1.165) is 40.1 Å². The summed E-state index contributed by atoms with van der Waals surface area (Å²) < 4.78 is 11.5. The molecule has 31 heavy (non-hydrogen) atoms. The number of nitrogen functional groups attached to an aromatic ring is 1. The number of thioether (sulfide) groups is 1. The Hall–Kier alpha value is -3.73. The number of ether oxygens (including phenoxy) is 2. The minimum absolute atomic E-state index is 0.121. The van der Waals surface area contributed by atoms with Gasteiger partial charge in [0.2, 0.25) is 11.1 Å². The van der Waals surface area contributed by atoms with Crippen molar-refractivity contribution in [1.29, 1.82) is 0 Å². The van der Waals surface area contributed by atoms with E-state index in [1.165, 1.54) is 4.68 Å². The lowest BCUT2D eigenvalue weighted by Gasteiger charge is -2.09. The van der Waals surface area contributed by atoms with Crippen LogP contribution in [0.2, 0.25) is 0 Å². The molecule has 2 aromatic carbocycles. The number of hydrogen-bond donors (Lipinski definition) is 3. The first-order valence-corrected chi connectivity index (χ1v) is 10.2. The van der Waals surface area contributed by atoms with Gasteiger partial charge in [-0.3, -0.25) is 4.79 Å². The second-order valence-corrected chi connectivity index (χ2v) is 7.28. The highest BCUT2D eigenvalue weighted by atomic mass is 32.2. The van der Waals surface area contributed by atoms with Gasteiger partial charge in [-0.05, 0) is 60.5 Å². The number of rotatable bonds is 9. The summed E-state index contributed by atoms with van der Waals surface area (Å²) in [6, 6.07) is 12.8. The molecule has 11 heteroatoms. The first-order valence-electron chi connectivity index (χ1n) is 9.21. The molecule has 1 heterocycles. The Labute approximate surface area is 183 Å².